The number of hydrogen-bond acceptors (Lipinski definition) is 0. The highest BCUT2D eigenvalue weighted by Gasteiger charge is 2.97. The zero-order valence-electron chi connectivity index (χ0n) is 26.5. The molecule has 0 aliphatic heterocycles. The molecule has 0 amide bonds. The maximum Gasteiger partial charge on any atom is 0.108 e. The average Bonchev–Trinajstić information content (AvgIpc) is 3.46. The third-order valence-corrected chi connectivity index (χ3v) is 26.3. The topological polar surface area (TPSA) is 0 Å². The van der Waals surface area contributed by atoms with Crippen LogP contribution < -0.4 is 0 Å². The van der Waals surface area contributed by atoms with Gasteiger partial charge in [-0.1, -0.05) is 47.2 Å². The van der Waals surface area contributed by atoms with Gasteiger partial charge in [-0.15, -0.1) is 5.47 Å². The quantitative estimate of drug-likeness (QED) is 0.108. The van der Waals surface area contributed by atoms with Crippen LogP contribution in [0.3, 0.4) is 0 Å². The van der Waals surface area contributed by atoms with Gasteiger partial charge in [-0.2, -0.15) is 0 Å². The Balaban J connectivity index is 0.738. The second-order valence-corrected chi connectivity index (χ2v) is 24.1. The summed E-state index contributed by atoms with van der Waals surface area (Å²) in [5.74, 6) is 37.8. The second kappa shape index (κ2) is 6.03. The Bertz CT molecular complexity index is 1740. The summed E-state index contributed by atoms with van der Waals surface area (Å²) >= 11 is 3.11. The normalized spacial score (nSPS) is 88.1. The van der Waals surface area contributed by atoms with Crippen LogP contribution in [-0.4, -0.2) is 11.8 Å². The van der Waals surface area contributed by atoms with Crippen molar-refractivity contribution < 1.29 is 0 Å². The summed E-state index contributed by atoms with van der Waals surface area (Å²) < 4.78 is 1.08. The number of allylic oxidation sites excluding steroid dienone is 4. The van der Waals surface area contributed by atoms with Crippen LogP contribution in [0.15, 0.2) is 23.2 Å². The SMILES string of the molecule is [B]C1=C2CCC=CCC34CC3C3C5C6C7C8C9C%10C%11C%12C(I)C%13C(C%12C%11C%10C9C8C7C6C5C34)C3C%13C4C5C6C(C)C1C2C6C5C43. The molecule has 2 heteroatoms. The molecule has 0 heterocycles. The lowest BCUT2D eigenvalue weighted by Crippen LogP contribution is -2.93. The summed E-state index contributed by atoms with van der Waals surface area (Å²) in [6, 6.07) is 0. The number of hydrogen-bond donors (Lipinski definition) is 0. The van der Waals surface area contributed by atoms with Gasteiger partial charge in [-0.05, 0) is 220 Å². The van der Waals surface area contributed by atoms with Crippen LogP contribution in [0.1, 0.15) is 32.6 Å². The number of halogens is 1. The molecule has 0 N–H and O–H groups in total. The van der Waals surface area contributed by atoms with E-state index >= 15 is 0 Å². The molecular formula is C43H46BI. The first-order valence-corrected chi connectivity index (χ1v) is 22.2. The minimum atomic E-state index is 0.780. The second-order valence-electron chi connectivity index (χ2n) is 22.7. The standard InChI is InChI=1S/C43H46BI/c1-8-11-15-13-9(41(44)12(8)13)5-3-2-4-6-43-7-10(43)14-17-20-22-23-25(28(22)32(20)37(17)40(14)43)24-26(23)29-27(24)31-34(29)39-36(31)35-30-21-18(15)16(11)19(21)33(30)38(35)42(39)45/h2,4,8,10-40,42H,3,5-7H2,1H3. The maximum atomic E-state index is 7.02. The van der Waals surface area contributed by atoms with Gasteiger partial charge in [0, 0.05) is 3.92 Å². The Morgan fingerprint density at radius 1 is 0.556 bits per heavy atom. The summed E-state index contributed by atoms with van der Waals surface area (Å²) in [5, 5.41) is 0. The molecule has 0 nitrogen and oxygen atoms in total. The van der Waals surface area contributed by atoms with E-state index in [0.717, 1.165) is 50.8 Å². The fraction of sp³-hybridized carbons (Fsp3) is 0.907. The molecule has 0 saturated heterocycles. The van der Waals surface area contributed by atoms with Crippen molar-refractivity contribution in [3.63, 3.8) is 0 Å². The highest BCUT2D eigenvalue weighted by molar-refractivity contribution is 14.1. The van der Waals surface area contributed by atoms with Crippen molar-refractivity contribution in [2.75, 3.05) is 0 Å². The molecule has 0 bridgehead atoms. The number of alkyl halides is 1. The van der Waals surface area contributed by atoms with E-state index in [9.17, 15) is 0 Å². The van der Waals surface area contributed by atoms with Crippen molar-refractivity contribution in [2.24, 2.45) is 195 Å². The third-order valence-electron chi connectivity index (χ3n) is 24.7. The van der Waals surface area contributed by atoms with Gasteiger partial charge in [0.25, 0.3) is 0 Å². The molecule has 34 unspecified atom stereocenters. The summed E-state index contributed by atoms with van der Waals surface area (Å²) in [7, 11) is 7.02. The first-order valence-electron chi connectivity index (χ1n) is 20.9. The molecule has 228 valence electrons. The molecule has 0 aromatic heterocycles. The smallest absolute Gasteiger partial charge is 0.108 e. The van der Waals surface area contributed by atoms with Crippen molar-refractivity contribution in [3.05, 3.63) is 23.2 Å². The summed E-state index contributed by atoms with van der Waals surface area (Å²) in [5.41, 5.74) is 4.00. The Hall–Kier alpha value is 0.275. The minimum absolute atomic E-state index is 0.780. The van der Waals surface area contributed by atoms with E-state index in [1.54, 1.807) is 12.0 Å². The molecule has 1 spiro atoms. The molecule has 0 aromatic carbocycles. The minimum Gasteiger partial charge on any atom is -0.114 e. The molecule has 18 aliphatic carbocycles. The first kappa shape index (κ1) is 22.9. The Kier molecular flexibility index (Phi) is 3.07. The van der Waals surface area contributed by atoms with E-state index in [-0.39, 0.29) is 0 Å². The lowest BCUT2D eigenvalue weighted by molar-refractivity contribution is -0.496. The fourth-order valence-corrected chi connectivity index (χ4v) is 26.7. The van der Waals surface area contributed by atoms with Crippen LogP contribution in [0, 0.1) is 195 Å². The summed E-state index contributed by atoms with van der Waals surface area (Å²) in [6.07, 6.45) is 11.0. The van der Waals surface area contributed by atoms with Crippen LogP contribution in [0.4, 0.5) is 0 Å². The maximum absolute atomic E-state index is 7.02. The van der Waals surface area contributed by atoms with Crippen molar-refractivity contribution >= 4 is 30.4 Å². The van der Waals surface area contributed by atoms with Gasteiger partial charge in [0.2, 0.25) is 0 Å². The van der Waals surface area contributed by atoms with Crippen molar-refractivity contribution in [1.29, 1.82) is 0 Å². The van der Waals surface area contributed by atoms with Gasteiger partial charge in [0.15, 0.2) is 0 Å². The van der Waals surface area contributed by atoms with E-state index in [1.165, 1.54) is 173 Å². The predicted molar refractivity (Wildman–Crippen MR) is 178 cm³/mol. The van der Waals surface area contributed by atoms with Crippen molar-refractivity contribution in [2.45, 2.75) is 36.5 Å². The van der Waals surface area contributed by atoms with Crippen LogP contribution >= 0.6 is 22.6 Å². The first-order chi connectivity index (χ1) is 22.2. The molecule has 18 aliphatic rings. The number of rotatable bonds is 0. The zero-order chi connectivity index (χ0) is 27.9. The lowest BCUT2D eigenvalue weighted by Gasteiger charge is -2.96. The highest BCUT2D eigenvalue weighted by atomic mass is 127. The van der Waals surface area contributed by atoms with Gasteiger partial charge < -0.3 is 0 Å². The molecular weight excluding hydrogens is 654 g/mol. The molecule has 2 radical (unpaired) electrons. The Labute approximate surface area is 283 Å². The van der Waals surface area contributed by atoms with Crippen LogP contribution in [-0.2, 0) is 0 Å². The molecule has 45 heavy (non-hydrogen) atoms. The monoisotopic (exact) mass is 700 g/mol. The summed E-state index contributed by atoms with van der Waals surface area (Å²) in [4.78, 5) is 0. The van der Waals surface area contributed by atoms with Gasteiger partial charge in [0.05, 0.1) is 0 Å². The highest BCUT2D eigenvalue weighted by Crippen LogP contribution is 3.00. The predicted octanol–water partition coefficient (Wildman–Crippen LogP) is 7.30. The van der Waals surface area contributed by atoms with E-state index in [1.807, 2.05) is 0 Å². The molecule has 18 rings (SSSR count). The summed E-state index contributed by atoms with van der Waals surface area (Å²) in [6.45, 7) is 2.66. The zero-order valence-corrected chi connectivity index (χ0v) is 28.6. The average molecular weight is 701 g/mol. The van der Waals surface area contributed by atoms with Crippen LogP contribution in [0.5, 0.6) is 0 Å². The van der Waals surface area contributed by atoms with E-state index in [2.05, 4.69) is 41.7 Å². The number of fused-ring (bicyclic) bond motifs is 13. The fourth-order valence-electron chi connectivity index (χ4n) is 24.8. The molecule has 0 aromatic rings. The van der Waals surface area contributed by atoms with E-state index in [4.69, 9.17) is 7.85 Å². The van der Waals surface area contributed by atoms with Crippen molar-refractivity contribution in [1.82, 2.24) is 0 Å². The van der Waals surface area contributed by atoms with Crippen LogP contribution in [0.25, 0.3) is 0 Å². The van der Waals surface area contributed by atoms with Gasteiger partial charge >= 0.3 is 0 Å². The third kappa shape index (κ3) is 1.63. The van der Waals surface area contributed by atoms with Crippen molar-refractivity contribution in [3.8, 4) is 0 Å². The molecule has 34 atom stereocenters. The Morgan fingerprint density at radius 2 is 1.02 bits per heavy atom. The van der Waals surface area contributed by atoms with Gasteiger partial charge in [0.1, 0.15) is 7.85 Å². The van der Waals surface area contributed by atoms with E-state index in [0.29, 0.717) is 0 Å². The molecule has 16 fully saturated rings. The van der Waals surface area contributed by atoms with E-state index < -0.39 is 0 Å². The molecule has 16 saturated carbocycles. The lowest BCUT2D eigenvalue weighted by atomic mass is 9.08. The Morgan fingerprint density at radius 3 is 1.60 bits per heavy atom. The largest absolute Gasteiger partial charge is 0.114 e. The van der Waals surface area contributed by atoms with Gasteiger partial charge in [-0.3, -0.25) is 0 Å². The van der Waals surface area contributed by atoms with Gasteiger partial charge in [-0.25, -0.2) is 0 Å². The van der Waals surface area contributed by atoms with Crippen LogP contribution in [0.2, 0.25) is 0 Å².